The van der Waals surface area contributed by atoms with Crippen molar-refractivity contribution in [3.63, 3.8) is 0 Å². The summed E-state index contributed by atoms with van der Waals surface area (Å²) in [6.07, 6.45) is 0. The number of ether oxygens (including phenoxy) is 1. The second-order valence-electron chi connectivity index (χ2n) is 8.16. The van der Waals surface area contributed by atoms with E-state index in [-0.39, 0.29) is 17.4 Å². The van der Waals surface area contributed by atoms with E-state index in [0.29, 0.717) is 44.0 Å². The Kier molecular flexibility index (Phi) is 6.16. The van der Waals surface area contributed by atoms with Crippen molar-refractivity contribution >= 4 is 11.9 Å². The lowest BCUT2D eigenvalue weighted by Gasteiger charge is -2.35. The third kappa shape index (κ3) is 4.90. The van der Waals surface area contributed by atoms with Crippen LogP contribution in [0.5, 0.6) is 5.75 Å². The minimum absolute atomic E-state index is 0.0332. The summed E-state index contributed by atoms with van der Waals surface area (Å²) in [6, 6.07) is 3.82. The van der Waals surface area contributed by atoms with Gasteiger partial charge in [-0.2, -0.15) is 0 Å². The molecule has 0 aliphatic carbocycles. The molecule has 3 amide bonds. The second-order valence-corrected chi connectivity index (χ2v) is 8.16. The normalized spacial score (nSPS) is 15.0. The summed E-state index contributed by atoms with van der Waals surface area (Å²) in [5.41, 5.74) is 2.64. The number of piperazine rings is 1. The molecule has 6 heteroatoms. The van der Waals surface area contributed by atoms with Gasteiger partial charge in [-0.15, -0.1) is 0 Å². The molecular weight excluding hydrogens is 330 g/mol. The van der Waals surface area contributed by atoms with Crippen LogP contribution in [0.25, 0.3) is 0 Å². The van der Waals surface area contributed by atoms with Gasteiger partial charge in [0.15, 0.2) is 0 Å². The first-order valence-corrected chi connectivity index (χ1v) is 9.09. The molecule has 0 atom stereocenters. The largest absolute Gasteiger partial charge is 0.496 e. The molecule has 26 heavy (non-hydrogen) atoms. The Bertz CT molecular complexity index is 672. The number of benzene rings is 1. The molecule has 0 spiro atoms. The molecule has 1 aromatic carbocycles. The minimum Gasteiger partial charge on any atom is -0.496 e. The van der Waals surface area contributed by atoms with E-state index >= 15 is 0 Å². The van der Waals surface area contributed by atoms with E-state index in [0.717, 1.165) is 11.1 Å². The summed E-state index contributed by atoms with van der Waals surface area (Å²) in [7, 11) is 1.59. The van der Waals surface area contributed by atoms with E-state index in [9.17, 15) is 9.59 Å². The molecule has 0 unspecified atom stereocenters. The van der Waals surface area contributed by atoms with Crippen molar-refractivity contribution in [3.05, 3.63) is 28.8 Å². The average molecular weight is 361 g/mol. The molecule has 1 aliphatic heterocycles. The molecule has 1 fully saturated rings. The predicted molar refractivity (Wildman–Crippen MR) is 103 cm³/mol. The van der Waals surface area contributed by atoms with Crippen LogP contribution in [0.2, 0.25) is 0 Å². The number of hydrogen-bond donors (Lipinski definition) is 1. The zero-order valence-corrected chi connectivity index (χ0v) is 16.8. The van der Waals surface area contributed by atoms with E-state index in [1.54, 1.807) is 16.9 Å². The monoisotopic (exact) mass is 361 g/mol. The molecule has 0 aromatic heterocycles. The van der Waals surface area contributed by atoms with Crippen LogP contribution in [0.15, 0.2) is 12.1 Å². The van der Waals surface area contributed by atoms with Crippen molar-refractivity contribution in [2.24, 2.45) is 5.41 Å². The third-order valence-electron chi connectivity index (χ3n) is 4.50. The predicted octanol–water partition coefficient (Wildman–Crippen LogP) is 2.83. The molecule has 1 N–H and O–H groups in total. The van der Waals surface area contributed by atoms with Crippen LogP contribution in [0.4, 0.5) is 4.79 Å². The van der Waals surface area contributed by atoms with Crippen LogP contribution >= 0.6 is 0 Å². The fourth-order valence-electron chi connectivity index (χ4n) is 3.09. The number of nitrogens with one attached hydrogen (secondary N) is 1. The maximum Gasteiger partial charge on any atom is 0.317 e. The number of carbonyl (C=O) groups is 2. The highest BCUT2D eigenvalue weighted by Crippen LogP contribution is 2.26. The molecular formula is C20H31N3O3. The number of amides is 3. The van der Waals surface area contributed by atoms with Crippen molar-refractivity contribution in [2.45, 2.75) is 34.6 Å². The van der Waals surface area contributed by atoms with Crippen LogP contribution in [0.3, 0.4) is 0 Å². The van der Waals surface area contributed by atoms with E-state index in [1.807, 2.05) is 26.0 Å². The number of methoxy groups -OCH3 is 1. The number of urea groups is 1. The van der Waals surface area contributed by atoms with Gasteiger partial charge in [-0.1, -0.05) is 26.8 Å². The van der Waals surface area contributed by atoms with Crippen molar-refractivity contribution in [3.8, 4) is 5.75 Å². The first kappa shape index (κ1) is 20.1. The van der Waals surface area contributed by atoms with Crippen molar-refractivity contribution < 1.29 is 14.3 Å². The van der Waals surface area contributed by atoms with Crippen LogP contribution in [-0.2, 0) is 0 Å². The van der Waals surface area contributed by atoms with Gasteiger partial charge < -0.3 is 19.9 Å². The Balaban J connectivity index is 2.00. The smallest absolute Gasteiger partial charge is 0.317 e. The fourth-order valence-corrected chi connectivity index (χ4v) is 3.09. The SMILES string of the molecule is COc1cc(C)cc(C)c1C(=O)N1CCN(C(=O)NCC(C)(C)C)CC1. The zero-order valence-electron chi connectivity index (χ0n) is 16.8. The third-order valence-corrected chi connectivity index (χ3v) is 4.50. The van der Waals surface area contributed by atoms with E-state index in [2.05, 4.69) is 26.1 Å². The Labute approximate surface area is 156 Å². The highest BCUT2D eigenvalue weighted by atomic mass is 16.5. The second kappa shape index (κ2) is 7.98. The summed E-state index contributed by atoms with van der Waals surface area (Å²) in [4.78, 5) is 28.8. The van der Waals surface area contributed by atoms with Crippen LogP contribution < -0.4 is 10.1 Å². The highest BCUT2D eigenvalue weighted by Gasteiger charge is 2.28. The van der Waals surface area contributed by atoms with Crippen molar-refractivity contribution in [1.82, 2.24) is 15.1 Å². The van der Waals surface area contributed by atoms with Gasteiger partial charge in [-0.25, -0.2) is 4.79 Å². The molecule has 2 rings (SSSR count). The van der Waals surface area contributed by atoms with Gasteiger partial charge in [0.1, 0.15) is 5.75 Å². The molecule has 144 valence electrons. The van der Waals surface area contributed by atoms with Gasteiger partial charge in [-0.3, -0.25) is 4.79 Å². The van der Waals surface area contributed by atoms with E-state index in [4.69, 9.17) is 4.74 Å². The Morgan fingerprint density at radius 2 is 1.65 bits per heavy atom. The van der Waals surface area contributed by atoms with Gasteiger partial charge >= 0.3 is 6.03 Å². The first-order chi connectivity index (χ1) is 12.1. The lowest BCUT2D eigenvalue weighted by atomic mass is 9.97. The molecule has 1 aromatic rings. The maximum absolute atomic E-state index is 13.0. The summed E-state index contributed by atoms with van der Waals surface area (Å²) >= 11 is 0. The summed E-state index contributed by atoms with van der Waals surface area (Å²) in [6.45, 7) is 12.9. The van der Waals surface area contributed by atoms with Crippen molar-refractivity contribution in [2.75, 3.05) is 39.8 Å². The molecule has 6 nitrogen and oxygen atoms in total. The van der Waals surface area contributed by atoms with Gasteiger partial charge in [0, 0.05) is 32.7 Å². The van der Waals surface area contributed by atoms with Crippen molar-refractivity contribution in [1.29, 1.82) is 0 Å². The van der Waals surface area contributed by atoms with Crippen LogP contribution in [0, 0.1) is 19.3 Å². The average Bonchev–Trinajstić information content (AvgIpc) is 2.58. The van der Waals surface area contributed by atoms with Gasteiger partial charge in [0.2, 0.25) is 0 Å². The Hall–Kier alpha value is -2.24. The summed E-state index contributed by atoms with van der Waals surface area (Å²) < 4.78 is 5.42. The quantitative estimate of drug-likeness (QED) is 0.900. The first-order valence-electron chi connectivity index (χ1n) is 9.09. The minimum atomic E-state index is -0.0591. The maximum atomic E-state index is 13.0. The Morgan fingerprint density at radius 3 is 2.19 bits per heavy atom. The van der Waals surface area contributed by atoms with Gasteiger partial charge in [-0.05, 0) is 36.5 Å². The fraction of sp³-hybridized carbons (Fsp3) is 0.600. The summed E-state index contributed by atoms with van der Waals surface area (Å²) in [5, 5.41) is 2.97. The molecule has 0 saturated carbocycles. The highest BCUT2D eigenvalue weighted by molar-refractivity contribution is 5.98. The molecule has 1 saturated heterocycles. The van der Waals surface area contributed by atoms with Gasteiger partial charge in [0.05, 0.1) is 12.7 Å². The van der Waals surface area contributed by atoms with Gasteiger partial charge in [0.25, 0.3) is 5.91 Å². The molecule has 0 bridgehead atoms. The van der Waals surface area contributed by atoms with Crippen LogP contribution in [-0.4, -0.2) is 61.6 Å². The van der Waals surface area contributed by atoms with Crippen LogP contribution in [0.1, 0.15) is 42.3 Å². The zero-order chi connectivity index (χ0) is 19.5. The molecule has 0 radical (unpaired) electrons. The number of hydrogen-bond acceptors (Lipinski definition) is 3. The lowest BCUT2D eigenvalue weighted by molar-refractivity contribution is 0.0660. The lowest BCUT2D eigenvalue weighted by Crippen LogP contribution is -2.54. The molecule has 1 aliphatic rings. The van der Waals surface area contributed by atoms with E-state index in [1.165, 1.54) is 0 Å². The number of nitrogens with zero attached hydrogens (tertiary/aromatic N) is 2. The Morgan fingerprint density at radius 1 is 1.08 bits per heavy atom. The summed E-state index contributed by atoms with van der Waals surface area (Å²) in [5.74, 6) is 0.576. The topological polar surface area (TPSA) is 61.9 Å². The molecule has 1 heterocycles. The van der Waals surface area contributed by atoms with E-state index < -0.39 is 0 Å². The number of aryl methyl sites for hydroxylation is 2. The number of rotatable bonds is 3. The standard InChI is InChI=1S/C20H31N3O3/c1-14-11-15(2)17(16(12-14)26-6)18(24)22-7-9-23(10-8-22)19(25)21-13-20(3,4)5/h11-12H,7-10,13H2,1-6H3,(H,21,25). The number of carbonyl (C=O) groups excluding carboxylic acids is 2.